The summed E-state index contributed by atoms with van der Waals surface area (Å²) >= 11 is 1.16. The molecule has 0 aliphatic carbocycles. The molecule has 0 saturated heterocycles. The van der Waals surface area contributed by atoms with Crippen molar-refractivity contribution in [1.82, 2.24) is 20.3 Å². The number of aliphatic hydroxyl groups is 1. The van der Waals surface area contributed by atoms with Crippen molar-refractivity contribution in [1.29, 1.82) is 0 Å². The first-order chi connectivity index (χ1) is 15.5. The van der Waals surface area contributed by atoms with Crippen LogP contribution in [0.3, 0.4) is 0 Å². The van der Waals surface area contributed by atoms with E-state index < -0.39 is 11.8 Å². The summed E-state index contributed by atoms with van der Waals surface area (Å²) in [6.45, 7) is -0.0189. The number of H-pyrrole nitrogens is 1. The first-order valence-corrected chi connectivity index (χ1v) is 10.5. The van der Waals surface area contributed by atoms with Crippen LogP contribution < -0.4 is 16.8 Å². The van der Waals surface area contributed by atoms with Crippen LogP contribution >= 0.6 is 11.8 Å². The molecule has 32 heavy (non-hydrogen) atoms. The van der Waals surface area contributed by atoms with Crippen LogP contribution in [-0.2, 0) is 13.2 Å². The summed E-state index contributed by atoms with van der Waals surface area (Å²) in [4.78, 5) is 36.6. The number of para-hydroxylation sites is 1. The number of benzene rings is 2. The fourth-order valence-electron chi connectivity index (χ4n) is 3.32. The number of hydrogen-bond acceptors (Lipinski definition) is 7. The Bertz CT molecular complexity index is 1320. The summed E-state index contributed by atoms with van der Waals surface area (Å²) in [5, 5.41) is 13.8. The number of anilines is 1. The first kappa shape index (κ1) is 21.3. The van der Waals surface area contributed by atoms with Crippen molar-refractivity contribution >= 4 is 40.3 Å². The molecule has 0 unspecified atom stereocenters. The van der Waals surface area contributed by atoms with Crippen molar-refractivity contribution in [2.75, 3.05) is 5.73 Å². The molecular weight excluding hydrogens is 428 g/mol. The van der Waals surface area contributed by atoms with Crippen LogP contribution in [0.2, 0.25) is 0 Å². The molecule has 2 amide bonds. The number of carbonyl (C=O) groups excluding carboxylic acids is 2. The number of carbonyl (C=O) groups is 2. The summed E-state index contributed by atoms with van der Waals surface area (Å²) in [7, 11) is 0. The normalized spacial score (nSPS) is 10.9. The highest BCUT2D eigenvalue weighted by molar-refractivity contribution is 7.99. The van der Waals surface area contributed by atoms with Crippen LogP contribution in [0.15, 0.2) is 64.6 Å². The van der Waals surface area contributed by atoms with Crippen molar-refractivity contribution in [3.63, 3.8) is 0 Å². The minimum absolute atomic E-state index is 0.0173. The zero-order valence-electron chi connectivity index (χ0n) is 16.8. The van der Waals surface area contributed by atoms with Gasteiger partial charge in [-0.15, -0.1) is 0 Å². The summed E-state index contributed by atoms with van der Waals surface area (Å²) in [5.41, 5.74) is 13.9. The maximum atomic E-state index is 12.8. The lowest BCUT2D eigenvalue weighted by molar-refractivity contribution is 0.0944. The number of primary amides is 1. The number of aromatic amines is 1. The average molecular weight is 449 g/mol. The molecular formula is C22H20N6O3S. The number of nitrogens with zero attached hydrogens (tertiary/aromatic N) is 2. The van der Waals surface area contributed by atoms with Gasteiger partial charge in [-0.05, 0) is 18.2 Å². The van der Waals surface area contributed by atoms with Gasteiger partial charge in [0.15, 0.2) is 11.5 Å². The zero-order valence-corrected chi connectivity index (χ0v) is 17.6. The minimum atomic E-state index is -0.562. The molecule has 0 fully saturated rings. The molecule has 4 rings (SSSR count). The quantitative estimate of drug-likeness (QED) is 0.290. The van der Waals surface area contributed by atoms with Crippen LogP contribution in [0.5, 0.6) is 0 Å². The van der Waals surface area contributed by atoms with E-state index in [9.17, 15) is 14.7 Å². The zero-order chi connectivity index (χ0) is 22.7. The molecule has 0 atom stereocenters. The second-order valence-electron chi connectivity index (χ2n) is 6.87. The van der Waals surface area contributed by atoms with Crippen molar-refractivity contribution in [3.8, 4) is 0 Å². The SMILES string of the molecule is NC(=O)c1ccccc1Sc1cnc(N)c(C(=O)NCc2c(CO)[nH]c3ccccc23)n1. The Kier molecular flexibility index (Phi) is 6.06. The Balaban J connectivity index is 1.56. The molecule has 0 spiro atoms. The Morgan fingerprint density at radius 1 is 1.12 bits per heavy atom. The van der Waals surface area contributed by atoms with Crippen molar-refractivity contribution in [3.05, 3.63) is 77.2 Å². The van der Waals surface area contributed by atoms with E-state index in [0.717, 1.165) is 28.2 Å². The number of hydrogen-bond donors (Lipinski definition) is 5. The molecule has 162 valence electrons. The van der Waals surface area contributed by atoms with Crippen molar-refractivity contribution < 1.29 is 14.7 Å². The maximum Gasteiger partial charge on any atom is 0.274 e. The second kappa shape index (κ2) is 9.08. The van der Waals surface area contributed by atoms with E-state index in [0.29, 0.717) is 21.2 Å². The summed E-state index contributed by atoms with van der Waals surface area (Å²) in [5.74, 6) is -1.08. The molecule has 0 aliphatic rings. The van der Waals surface area contributed by atoms with Gasteiger partial charge in [0.25, 0.3) is 5.91 Å². The molecule has 2 aromatic carbocycles. The molecule has 0 aliphatic heterocycles. The van der Waals surface area contributed by atoms with Gasteiger partial charge in [0.05, 0.1) is 18.4 Å². The second-order valence-corrected chi connectivity index (χ2v) is 7.94. The van der Waals surface area contributed by atoms with E-state index in [4.69, 9.17) is 11.5 Å². The number of aliphatic hydroxyl groups excluding tert-OH is 1. The number of nitrogens with two attached hydrogens (primary N) is 2. The van der Waals surface area contributed by atoms with E-state index in [1.165, 1.54) is 6.20 Å². The molecule has 2 aromatic heterocycles. The largest absolute Gasteiger partial charge is 0.390 e. The Labute approximate surface area is 187 Å². The van der Waals surface area contributed by atoms with Crippen LogP contribution in [0.4, 0.5) is 5.82 Å². The van der Waals surface area contributed by atoms with Gasteiger partial charge < -0.3 is 26.9 Å². The minimum Gasteiger partial charge on any atom is -0.390 e. The van der Waals surface area contributed by atoms with Crippen LogP contribution in [0, 0.1) is 0 Å². The molecule has 2 heterocycles. The number of rotatable bonds is 7. The highest BCUT2D eigenvalue weighted by Gasteiger charge is 2.18. The van der Waals surface area contributed by atoms with Gasteiger partial charge in [-0.2, -0.15) is 0 Å². The Morgan fingerprint density at radius 2 is 1.88 bits per heavy atom. The topological polar surface area (TPSA) is 160 Å². The lowest BCUT2D eigenvalue weighted by Crippen LogP contribution is -2.26. The monoisotopic (exact) mass is 448 g/mol. The van der Waals surface area contributed by atoms with Gasteiger partial charge in [-0.25, -0.2) is 9.97 Å². The summed E-state index contributed by atoms with van der Waals surface area (Å²) < 4.78 is 0. The van der Waals surface area contributed by atoms with Crippen molar-refractivity contribution in [2.45, 2.75) is 23.1 Å². The summed E-state index contributed by atoms with van der Waals surface area (Å²) in [6, 6.07) is 14.4. The van der Waals surface area contributed by atoms with Gasteiger partial charge in [0.1, 0.15) is 5.03 Å². The molecule has 7 N–H and O–H groups in total. The van der Waals surface area contributed by atoms with E-state index in [1.807, 2.05) is 24.3 Å². The van der Waals surface area contributed by atoms with Gasteiger partial charge in [-0.3, -0.25) is 9.59 Å². The maximum absolute atomic E-state index is 12.8. The van der Waals surface area contributed by atoms with Gasteiger partial charge in [0, 0.05) is 33.6 Å². The summed E-state index contributed by atoms with van der Waals surface area (Å²) in [6.07, 6.45) is 1.43. The molecule has 0 bridgehead atoms. The van der Waals surface area contributed by atoms with E-state index in [-0.39, 0.29) is 24.7 Å². The van der Waals surface area contributed by atoms with Crippen LogP contribution in [-0.4, -0.2) is 31.9 Å². The van der Waals surface area contributed by atoms with Gasteiger partial charge in [0.2, 0.25) is 5.91 Å². The Morgan fingerprint density at radius 3 is 2.66 bits per heavy atom. The standard InChI is InChI=1S/C22H20N6O3S/c23-20-19(28-18(10-25-20)32-17-8-4-2-6-13(17)21(24)30)22(31)26-9-14-12-5-1-3-7-15(12)27-16(14)11-29/h1-8,10,27,29H,9,11H2,(H2,23,25)(H2,24,30)(H,26,31). The molecule has 0 saturated carbocycles. The third-order valence-corrected chi connectivity index (χ3v) is 5.83. The smallest absolute Gasteiger partial charge is 0.274 e. The van der Waals surface area contributed by atoms with Gasteiger partial charge in [-0.1, -0.05) is 42.1 Å². The third-order valence-electron chi connectivity index (χ3n) is 4.85. The molecule has 0 radical (unpaired) electrons. The fourth-order valence-corrected chi connectivity index (χ4v) is 4.21. The predicted molar refractivity (Wildman–Crippen MR) is 121 cm³/mol. The lowest BCUT2D eigenvalue weighted by atomic mass is 10.1. The van der Waals surface area contributed by atoms with E-state index in [2.05, 4.69) is 20.3 Å². The van der Waals surface area contributed by atoms with E-state index >= 15 is 0 Å². The highest BCUT2D eigenvalue weighted by Crippen LogP contribution is 2.29. The third kappa shape index (κ3) is 4.27. The number of amides is 2. The lowest BCUT2D eigenvalue weighted by Gasteiger charge is -2.10. The average Bonchev–Trinajstić information content (AvgIpc) is 3.16. The number of fused-ring (bicyclic) bond motifs is 1. The van der Waals surface area contributed by atoms with Gasteiger partial charge >= 0.3 is 0 Å². The Hall–Kier alpha value is -3.89. The molecule has 9 nitrogen and oxygen atoms in total. The van der Waals surface area contributed by atoms with Crippen molar-refractivity contribution in [2.24, 2.45) is 5.73 Å². The van der Waals surface area contributed by atoms with E-state index in [1.54, 1.807) is 24.3 Å². The fraction of sp³-hybridized carbons (Fsp3) is 0.0909. The number of nitrogens with one attached hydrogen (secondary N) is 2. The highest BCUT2D eigenvalue weighted by atomic mass is 32.2. The first-order valence-electron chi connectivity index (χ1n) is 9.64. The van der Waals surface area contributed by atoms with Crippen LogP contribution in [0.1, 0.15) is 32.1 Å². The molecule has 4 aromatic rings. The number of aromatic nitrogens is 3. The molecule has 10 heteroatoms. The van der Waals surface area contributed by atoms with Crippen LogP contribution in [0.25, 0.3) is 10.9 Å². The predicted octanol–water partition coefficient (Wildman–Crippen LogP) is 2.21. The number of nitrogen functional groups attached to an aromatic ring is 1.